The van der Waals surface area contributed by atoms with Crippen molar-refractivity contribution in [2.45, 2.75) is 13.8 Å². The fourth-order valence-corrected chi connectivity index (χ4v) is 1.36. The number of ketones is 2. The van der Waals surface area contributed by atoms with Crippen LogP contribution >= 0.6 is 0 Å². The number of carbonyl (C=O) groups excluding carboxylic acids is 2. The van der Waals surface area contributed by atoms with E-state index in [9.17, 15) is 14.0 Å². The predicted octanol–water partition coefficient (Wildman–Crippen LogP) is -1.30. The Morgan fingerprint density at radius 2 is 1.46 bits per heavy atom. The smallest absolute Gasteiger partial charge is 0.857 e. The molecule has 8 heteroatoms. The molecule has 0 aliphatic heterocycles. The fourth-order valence-electron chi connectivity index (χ4n) is 1.36. The van der Waals surface area contributed by atoms with Crippen molar-refractivity contribution in [1.82, 2.24) is 9.97 Å². The van der Waals surface area contributed by atoms with Gasteiger partial charge < -0.3 is 9.84 Å². The average Bonchev–Trinajstić information content (AvgIpc) is 2.57. The van der Waals surface area contributed by atoms with Crippen LogP contribution in [0.5, 0.6) is 5.88 Å². The maximum absolute atomic E-state index is 12.3. The van der Waals surface area contributed by atoms with E-state index in [1.54, 1.807) is 18.3 Å². The number of hydrogen-bond acceptors (Lipinski definition) is 6. The van der Waals surface area contributed by atoms with Crippen molar-refractivity contribution < 1.29 is 53.4 Å². The normalized spacial score (nSPS) is 8.42. The molecule has 0 fully saturated rings. The van der Waals surface area contributed by atoms with Gasteiger partial charge in [-0.2, -0.15) is 11.5 Å². The third-order valence-electron chi connectivity index (χ3n) is 2.48. The number of halogens is 1. The molecule has 0 bridgehead atoms. The van der Waals surface area contributed by atoms with Crippen molar-refractivity contribution in [2.75, 3.05) is 14.2 Å². The molecule has 0 saturated carbocycles. The number of methoxy groups -OCH3 is 1. The van der Waals surface area contributed by atoms with Crippen molar-refractivity contribution in [2.24, 2.45) is 0 Å². The maximum atomic E-state index is 12.3. The van der Waals surface area contributed by atoms with Gasteiger partial charge in [-0.15, -0.1) is 0 Å². The second kappa shape index (κ2) is 13.7. The first-order valence-electron chi connectivity index (χ1n) is 6.48. The Morgan fingerprint density at radius 1 is 1.00 bits per heavy atom. The summed E-state index contributed by atoms with van der Waals surface area (Å²) in [6, 6.07) is 5.86. The van der Waals surface area contributed by atoms with E-state index < -0.39 is 5.95 Å². The molecule has 0 aromatic carbocycles. The Kier molecular flexibility index (Phi) is 14.1. The maximum Gasteiger partial charge on any atom is 1.00 e. The van der Waals surface area contributed by atoms with Crippen LogP contribution in [0, 0.1) is 5.95 Å². The van der Waals surface area contributed by atoms with Crippen LogP contribution in [0.1, 0.15) is 34.6 Å². The Balaban J connectivity index is 0. The fraction of sp³-hybridized carbons (Fsp3) is 0.250. The first-order chi connectivity index (χ1) is 10.9. The van der Waals surface area contributed by atoms with Gasteiger partial charge in [0, 0.05) is 35.7 Å². The summed E-state index contributed by atoms with van der Waals surface area (Å²) in [5.41, 5.74) is 0.976. The van der Waals surface area contributed by atoms with Crippen molar-refractivity contribution in [1.29, 1.82) is 0 Å². The molecule has 0 radical (unpaired) electrons. The van der Waals surface area contributed by atoms with Gasteiger partial charge in [0.25, 0.3) is 0 Å². The summed E-state index contributed by atoms with van der Waals surface area (Å²) in [6.07, 6.45) is 2.82. The van der Waals surface area contributed by atoms with Crippen LogP contribution in [0.2, 0.25) is 0 Å². The molecule has 0 unspecified atom stereocenters. The van der Waals surface area contributed by atoms with Gasteiger partial charge in [-0.05, 0) is 26.0 Å². The van der Waals surface area contributed by atoms with E-state index in [4.69, 9.17) is 9.84 Å². The molecular formula is C16H18FN2NaO4. The molecule has 0 spiro atoms. The van der Waals surface area contributed by atoms with Crippen LogP contribution in [0.3, 0.4) is 0 Å². The Labute approximate surface area is 162 Å². The SMILES string of the molecule is CC(=O)c1ccnc(F)c1.COc1cc(C(C)=O)ccn1.C[O-].[Na+]. The van der Waals surface area contributed by atoms with Gasteiger partial charge >= 0.3 is 29.6 Å². The minimum atomic E-state index is -0.618. The molecule has 2 heterocycles. The number of Topliss-reactive ketones (excluding diaryl/α,β-unsaturated/α-hetero) is 2. The first kappa shape index (κ1) is 24.6. The van der Waals surface area contributed by atoms with Crippen LogP contribution in [-0.4, -0.2) is 35.8 Å². The first-order valence-corrected chi connectivity index (χ1v) is 6.48. The number of ether oxygens (including phenoxy) is 1. The average molecular weight is 344 g/mol. The second-order valence-corrected chi connectivity index (χ2v) is 4.07. The number of hydrogen-bond donors (Lipinski definition) is 0. The summed E-state index contributed by atoms with van der Waals surface area (Å²) in [6.45, 7) is 2.89. The van der Waals surface area contributed by atoms with Crippen molar-refractivity contribution in [3.05, 3.63) is 53.7 Å². The van der Waals surface area contributed by atoms with Gasteiger partial charge in [-0.3, -0.25) is 9.59 Å². The molecule has 0 aliphatic rings. The summed E-state index contributed by atoms with van der Waals surface area (Å²) in [4.78, 5) is 28.6. The van der Waals surface area contributed by atoms with Gasteiger partial charge in [0.15, 0.2) is 11.6 Å². The van der Waals surface area contributed by atoms with Crippen molar-refractivity contribution in [3.63, 3.8) is 0 Å². The predicted molar refractivity (Wildman–Crippen MR) is 80.9 cm³/mol. The van der Waals surface area contributed by atoms with E-state index in [2.05, 4.69) is 9.97 Å². The van der Waals surface area contributed by atoms with E-state index in [0.717, 1.165) is 13.2 Å². The molecule has 2 aromatic rings. The Hall–Kier alpha value is -1.67. The zero-order chi connectivity index (χ0) is 17.8. The van der Waals surface area contributed by atoms with Gasteiger partial charge in [0.05, 0.1) is 7.11 Å². The van der Waals surface area contributed by atoms with Crippen molar-refractivity contribution >= 4 is 11.6 Å². The number of aromatic nitrogens is 2. The minimum absolute atomic E-state index is 0. The van der Waals surface area contributed by atoms with Crippen molar-refractivity contribution in [3.8, 4) is 5.88 Å². The monoisotopic (exact) mass is 344 g/mol. The van der Waals surface area contributed by atoms with E-state index in [-0.39, 0.29) is 41.1 Å². The van der Waals surface area contributed by atoms with Crippen LogP contribution < -0.4 is 39.4 Å². The third-order valence-corrected chi connectivity index (χ3v) is 2.48. The summed E-state index contributed by atoms with van der Waals surface area (Å²) in [7, 11) is 2.27. The Morgan fingerprint density at radius 3 is 1.83 bits per heavy atom. The molecule has 0 N–H and O–H groups in total. The molecule has 0 aliphatic carbocycles. The third kappa shape index (κ3) is 9.46. The summed E-state index contributed by atoms with van der Waals surface area (Å²) < 4.78 is 17.1. The van der Waals surface area contributed by atoms with Crippen LogP contribution in [0.15, 0.2) is 36.7 Å². The van der Waals surface area contributed by atoms with E-state index in [0.29, 0.717) is 17.0 Å². The molecule has 6 nitrogen and oxygen atoms in total. The molecular weight excluding hydrogens is 326 g/mol. The number of pyridine rings is 2. The van der Waals surface area contributed by atoms with E-state index in [1.165, 1.54) is 33.2 Å². The molecule has 0 amide bonds. The molecule has 124 valence electrons. The molecule has 0 saturated heterocycles. The number of rotatable bonds is 3. The van der Waals surface area contributed by atoms with Crippen LogP contribution in [0.4, 0.5) is 4.39 Å². The second-order valence-electron chi connectivity index (χ2n) is 4.07. The van der Waals surface area contributed by atoms with E-state index in [1.807, 2.05) is 0 Å². The molecule has 0 atom stereocenters. The minimum Gasteiger partial charge on any atom is -0.857 e. The number of carbonyl (C=O) groups is 2. The standard InChI is InChI=1S/C8H9NO2.C7H6FNO.CH3O.Na/c1-6(10)7-3-4-9-8(5-7)11-2;1-5(10)6-2-3-9-7(8)4-6;1-2;/h3-5H,1-2H3;2-4H,1H3;1H3;/q;;-1;+1. The summed E-state index contributed by atoms with van der Waals surface area (Å²) in [5, 5.41) is 8.25. The van der Waals surface area contributed by atoms with E-state index >= 15 is 0 Å². The summed E-state index contributed by atoms with van der Waals surface area (Å²) >= 11 is 0. The Bertz CT molecular complexity index is 653. The van der Waals surface area contributed by atoms with Crippen LogP contribution in [0.25, 0.3) is 0 Å². The zero-order valence-electron chi connectivity index (χ0n) is 14.4. The van der Waals surface area contributed by atoms with Gasteiger partial charge in [0.1, 0.15) is 0 Å². The largest absolute Gasteiger partial charge is 1.00 e. The summed E-state index contributed by atoms with van der Waals surface area (Å²) in [5.74, 6) is -0.280. The quantitative estimate of drug-likeness (QED) is 0.390. The number of nitrogens with zero attached hydrogens (tertiary/aromatic N) is 2. The topological polar surface area (TPSA) is 92.2 Å². The zero-order valence-corrected chi connectivity index (χ0v) is 16.4. The van der Waals surface area contributed by atoms with Gasteiger partial charge in [-0.1, -0.05) is 0 Å². The molecule has 2 rings (SSSR count). The van der Waals surface area contributed by atoms with Crippen LogP contribution in [-0.2, 0) is 0 Å². The molecule has 24 heavy (non-hydrogen) atoms. The van der Waals surface area contributed by atoms with Gasteiger partial charge in [-0.25, -0.2) is 9.97 Å². The van der Waals surface area contributed by atoms with Gasteiger partial charge in [0.2, 0.25) is 11.8 Å². The molecule has 2 aromatic heterocycles.